The molecule has 1 unspecified atom stereocenters. The molecule has 2 saturated heterocycles. The maximum Gasteiger partial charge on any atom is 0.277 e. The van der Waals surface area contributed by atoms with Crippen molar-refractivity contribution in [1.82, 2.24) is 40.0 Å². The largest absolute Gasteiger partial charge is 0.481 e. The molecule has 14 heteroatoms. The van der Waals surface area contributed by atoms with Crippen molar-refractivity contribution in [2.45, 2.75) is 57.8 Å². The van der Waals surface area contributed by atoms with Crippen molar-refractivity contribution in [2.75, 3.05) is 26.7 Å². The normalized spacial score (nSPS) is 16.4. The Bertz CT molecular complexity index is 2250. The van der Waals surface area contributed by atoms with Crippen LogP contribution in [0.1, 0.15) is 44.0 Å². The van der Waals surface area contributed by atoms with Gasteiger partial charge in [-0.1, -0.05) is 65.7 Å². The lowest BCUT2D eigenvalue weighted by molar-refractivity contribution is -0.130. The van der Waals surface area contributed by atoms with Crippen LogP contribution in [0.15, 0.2) is 65.6 Å². The summed E-state index contributed by atoms with van der Waals surface area (Å²) in [5.41, 5.74) is 5.51. The maximum absolute atomic E-state index is 13.5. The first-order chi connectivity index (χ1) is 25.6. The van der Waals surface area contributed by atoms with E-state index in [0.29, 0.717) is 59.0 Å². The minimum absolute atomic E-state index is 0.0916. The van der Waals surface area contributed by atoms with Gasteiger partial charge in [0.05, 0.1) is 29.4 Å². The molecule has 53 heavy (non-hydrogen) atoms. The number of aromatic nitrogens is 4. The van der Waals surface area contributed by atoms with E-state index < -0.39 is 0 Å². The first-order valence-electron chi connectivity index (χ1n) is 17.8. The molecular weight excluding hydrogens is 715 g/mol. The van der Waals surface area contributed by atoms with Crippen molar-refractivity contribution in [3.8, 4) is 39.4 Å². The van der Waals surface area contributed by atoms with Gasteiger partial charge in [0.2, 0.25) is 17.7 Å². The first-order valence-corrected chi connectivity index (χ1v) is 18.6. The van der Waals surface area contributed by atoms with Gasteiger partial charge in [0, 0.05) is 98.2 Å². The number of halogens is 2. The van der Waals surface area contributed by atoms with Crippen LogP contribution in [0.5, 0.6) is 5.88 Å². The molecule has 2 fully saturated rings. The molecule has 2 amide bonds. The average molecular weight is 758 g/mol. The summed E-state index contributed by atoms with van der Waals surface area (Å²) in [6.07, 6.45) is 4.92. The number of fused-ring (bicyclic) bond motifs is 1. The molecular formula is C39H42Cl2N8O4. The van der Waals surface area contributed by atoms with Crippen molar-refractivity contribution in [1.29, 1.82) is 0 Å². The Kier molecular flexibility index (Phi) is 10.8. The van der Waals surface area contributed by atoms with Gasteiger partial charge >= 0.3 is 0 Å². The number of nitrogens with one attached hydrogen (secondary N) is 3. The Hall–Kier alpha value is -4.75. The van der Waals surface area contributed by atoms with Gasteiger partial charge in [-0.2, -0.15) is 5.10 Å². The predicted octanol–water partition coefficient (Wildman–Crippen LogP) is 5.21. The van der Waals surface area contributed by atoms with E-state index in [4.69, 9.17) is 38.0 Å². The number of amides is 2. The zero-order chi connectivity index (χ0) is 37.2. The molecule has 276 valence electrons. The fourth-order valence-corrected chi connectivity index (χ4v) is 7.81. The Labute approximate surface area is 317 Å². The third kappa shape index (κ3) is 7.68. The first kappa shape index (κ1) is 36.6. The summed E-state index contributed by atoms with van der Waals surface area (Å²) in [5, 5.41) is 15.7. The summed E-state index contributed by atoms with van der Waals surface area (Å²) >= 11 is 14.3. The molecule has 2 aromatic carbocycles. The summed E-state index contributed by atoms with van der Waals surface area (Å²) in [6, 6.07) is 17.6. The minimum atomic E-state index is -0.162. The van der Waals surface area contributed by atoms with Crippen LogP contribution in [0.3, 0.4) is 0 Å². The lowest BCUT2D eigenvalue weighted by atomic mass is 9.97. The van der Waals surface area contributed by atoms with Crippen LogP contribution in [0.25, 0.3) is 39.0 Å². The number of pyridine rings is 1. The molecule has 1 atom stereocenters. The highest BCUT2D eigenvalue weighted by molar-refractivity contribution is 6.39. The van der Waals surface area contributed by atoms with Crippen LogP contribution in [-0.4, -0.2) is 74.7 Å². The van der Waals surface area contributed by atoms with Crippen molar-refractivity contribution < 1.29 is 14.3 Å². The summed E-state index contributed by atoms with van der Waals surface area (Å²) < 4.78 is 8.85. The Balaban J connectivity index is 1.11. The molecule has 2 aliphatic rings. The van der Waals surface area contributed by atoms with Gasteiger partial charge in [-0.15, -0.1) is 0 Å². The molecule has 7 rings (SSSR count). The molecule has 0 spiro atoms. The predicted molar refractivity (Wildman–Crippen MR) is 206 cm³/mol. The highest BCUT2D eigenvalue weighted by Crippen LogP contribution is 2.42. The number of hydrogen-bond donors (Lipinski definition) is 3. The fourth-order valence-electron chi connectivity index (χ4n) is 7.15. The molecule has 0 bridgehead atoms. The summed E-state index contributed by atoms with van der Waals surface area (Å²) in [5.74, 6) is 1.29. The molecule has 5 aromatic rings. The van der Waals surface area contributed by atoms with Crippen LogP contribution < -0.4 is 26.2 Å². The second-order valence-electron chi connectivity index (χ2n) is 13.6. The number of ether oxygens (including phenoxy) is 1. The highest BCUT2D eigenvalue weighted by Gasteiger charge is 2.23. The third-order valence-electron chi connectivity index (χ3n) is 10.2. The topological polar surface area (TPSA) is 135 Å². The lowest BCUT2D eigenvalue weighted by Crippen LogP contribution is -2.44. The van der Waals surface area contributed by atoms with Crippen molar-refractivity contribution >= 4 is 40.5 Å². The highest BCUT2D eigenvalue weighted by atomic mass is 35.5. The Morgan fingerprint density at radius 1 is 0.962 bits per heavy atom. The summed E-state index contributed by atoms with van der Waals surface area (Å²) in [6.45, 7) is 4.67. The van der Waals surface area contributed by atoms with Crippen LogP contribution >= 0.6 is 23.2 Å². The Morgan fingerprint density at radius 2 is 1.66 bits per heavy atom. The second kappa shape index (κ2) is 15.7. The number of benzene rings is 2. The van der Waals surface area contributed by atoms with Gasteiger partial charge in [0.25, 0.3) is 5.56 Å². The average Bonchev–Trinajstić information content (AvgIpc) is 3.79. The van der Waals surface area contributed by atoms with E-state index in [1.807, 2.05) is 65.7 Å². The minimum Gasteiger partial charge on any atom is -0.481 e. The van der Waals surface area contributed by atoms with Crippen LogP contribution in [0, 0.1) is 0 Å². The van der Waals surface area contributed by atoms with Crippen LogP contribution in [0.4, 0.5) is 0 Å². The van der Waals surface area contributed by atoms with Crippen molar-refractivity contribution in [3.63, 3.8) is 0 Å². The van der Waals surface area contributed by atoms with Gasteiger partial charge in [-0.25, -0.2) is 9.50 Å². The number of hydrogen-bond acceptors (Lipinski definition) is 8. The summed E-state index contributed by atoms with van der Waals surface area (Å²) in [7, 11) is 3.32. The monoisotopic (exact) mass is 756 g/mol. The number of nitrogens with zero attached hydrogens (tertiary/aromatic N) is 5. The van der Waals surface area contributed by atoms with Gasteiger partial charge in [0.15, 0.2) is 0 Å². The van der Waals surface area contributed by atoms with E-state index in [1.165, 1.54) is 0 Å². The van der Waals surface area contributed by atoms with E-state index in [1.54, 1.807) is 30.2 Å². The van der Waals surface area contributed by atoms with Gasteiger partial charge < -0.3 is 25.6 Å². The number of rotatable bonds is 11. The Morgan fingerprint density at radius 3 is 2.34 bits per heavy atom. The zero-order valence-electron chi connectivity index (χ0n) is 29.9. The van der Waals surface area contributed by atoms with E-state index in [2.05, 4.69) is 16.0 Å². The molecule has 2 aliphatic heterocycles. The molecule has 0 radical (unpaired) electrons. The maximum atomic E-state index is 13.5. The molecule has 0 saturated carbocycles. The molecule has 0 aliphatic carbocycles. The van der Waals surface area contributed by atoms with E-state index in [9.17, 15) is 14.4 Å². The number of carbonyl (C=O) groups excluding carboxylic acids is 2. The quantitative estimate of drug-likeness (QED) is 0.167. The molecule has 5 heterocycles. The van der Waals surface area contributed by atoms with Crippen LogP contribution in [0.2, 0.25) is 10.0 Å². The van der Waals surface area contributed by atoms with E-state index in [0.717, 1.165) is 65.7 Å². The summed E-state index contributed by atoms with van der Waals surface area (Å²) in [4.78, 5) is 43.4. The van der Waals surface area contributed by atoms with Gasteiger partial charge in [-0.3, -0.25) is 19.0 Å². The second-order valence-corrected chi connectivity index (χ2v) is 14.4. The van der Waals surface area contributed by atoms with Crippen molar-refractivity contribution in [3.05, 3.63) is 92.6 Å². The number of carbonyl (C=O) groups is 2. The molecule has 12 nitrogen and oxygen atoms in total. The lowest BCUT2D eigenvalue weighted by Gasteiger charge is -2.31. The standard InChI is InChI=1S/C39H42Cl2N8O4/c1-23(50)48-16-14-26(15-17-48)43-21-34-46-49-22-25(18-33(49)39(52)47(34)2)28-6-4-7-29(36(28)40)30-8-5-9-31(37(30)41)32-12-10-24(38(45-32)53-3)19-42-20-27-11-13-35(51)44-27/h4-10,12,18,22,26-27,42-43H,11,13-17,19-21H2,1-3H3,(H,44,51). The van der Waals surface area contributed by atoms with E-state index >= 15 is 0 Å². The van der Waals surface area contributed by atoms with E-state index in [-0.39, 0.29) is 29.5 Å². The SMILES string of the molecule is COc1nc(-c2cccc(-c3cccc(-c4cc5c(=O)n(C)c(CNC6CCN(C(C)=O)CC6)nn5c4)c3Cl)c2Cl)ccc1CNCC1CCC(=O)N1. The van der Waals surface area contributed by atoms with Crippen molar-refractivity contribution in [2.24, 2.45) is 7.05 Å². The smallest absolute Gasteiger partial charge is 0.277 e. The fraction of sp³-hybridized carbons (Fsp3) is 0.359. The van der Waals surface area contributed by atoms with Gasteiger partial charge in [-0.05, 0) is 31.4 Å². The number of methoxy groups -OCH3 is 1. The van der Waals surface area contributed by atoms with Gasteiger partial charge in [0.1, 0.15) is 11.3 Å². The van der Waals surface area contributed by atoms with Crippen LogP contribution in [-0.2, 0) is 29.7 Å². The zero-order valence-corrected chi connectivity index (χ0v) is 31.4. The third-order valence-corrected chi connectivity index (χ3v) is 11.0. The number of piperidine rings is 1. The number of likely N-dealkylation sites (tertiary alicyclic amines) is 1. The molecule has 3 aromatic heterocycles. The molecule has 3 N–H and O–H groups in total.